The van der Waals surface area contributed by atoms with Crippen molar-refractivity contribution in [2.75, 3.05) is 13.2 Å². The topological polar surface area (TPSA) is 178 Å². The molecular formula is C38H50F8N2O9. The van der Waals surface area contributed by atoms with Gasteiger partial charge >= 0.3 is 12.4 Å². The van der Waals surface area contributed by atoms with Gasteiger partial charge in [-0.2, -0.15) is 26.3 Å². The Hall–Kier alpha value is -3.46. The molecule has 7 N–H and O–H groups in total. The average molecular weight is 831 g/mol. The maximum atomic E-state index is 13.3. The Kier molecular flexibility index (Phi) is 18.5. The van der Waals surface area contributed by atoms with Crippen molar-refractivity contribution >= 4 is 11.8 Å². The zero-order chi connectivity index (χ0) is 42.5. The summed E-state index contributed by atoms with van der Waals surface area (Å²) in [6, 6.07) is 3.78. The number of carbonyl (C=O) groups is 2. The summed E-state index contributed by atoms with van der Waals surface area (Å²) in [4.78, 5) is 25.2. The number of unbranched alkanes of at least 4 members (excludes halogenated alkanes) is 7. The van der Waals surface area contributed by atoms with Crippen LogP contribution in [-0.2, 0) is 44.3 Å². The Balaban J connectivity index is 1.43. The number of aryl methyl sites for hydroxylation is 1. The molecule has 1 fully saturated rings. The fraction of sp³-hybridized carbons (Fsp3) is 0.632. The van der Waals surface area contributed by atoms with Gasteiger partial charge in [0.2, 0.25) is 11.8 Å². The highest BCUT2D eigenvalue weighted by molar-refractivity contribution is 5.78. The number of benzene rings is 2. The van der Waals surface area contributed by atoms with E-state index >= 15 is 0 Å². The quantitative estimate of drug-likeness (QED) is 0.0707. The van der Waals surface area contributed by atoms with Gasteiger partial charge in [0.25, 0.3) is 0 Å². The van der Waals surface area contributed by atoms with Crippen molar-refractivity contribution in [1.82, 2.24) is 10.6 Å². The number of halogens is 8. The summed E-state index contributed by atoms with van der Waals surface area (Å²) in [5.74, 6) is -3.19. The van der Waals surface area contributed by atoms with Gasteiger partial charge in [-0.25, -0.2) is 8.78 Å². The number of ether oxygens (including phenoxy) is 2. The van der Waals surface area contributed by atoms with Crippen molar-refractivity contribution in [3.63, 3.8) is 0 Å². The largest absolute Gasteiger partial charge is 0.417 e. The highest BCUT2D eigenvalue weighted by Gasteiger charge is 2.45. The van der Waals surface area contributed by atoms with Crippen LogP contribution in [-0.4, -0.2) is 99.5 Å². The molecule has 11 nitrogen and oxygen atoms in total. The molecule has 19 heteroatoms. The molecule has 1 saturated heterocycles. The Morgan fingerprint density at radius 3 is 1.95 bits per heavy atom. The van der Waals surface area contributed by atoms with Crippen LogP contribution in [0.2, 0.25) is 0 Å². The Labute approximate surface area is 324 Å². The molecular weight excluding hydrogens is 780 g/mol. The molecule has 2 aromatic carbocycles. The molecule has 0 saturated carbocycles. The number of hydrogen-bond donors (Lipinski definition) is 7. The summed E-state index contributed by atoms with van der Waals surface area (Å²) in [6.07, 6.45) is -15.6. The minimum atomic E-state index is -5.36. The van der Waals surface area contributed by atoms with Crippen molar-refractivity contribution in [3.05, 3.63) is 70.3 Å². The fourth-order valence-electron chi connectivity index (χ4n) is 6.28. The molecule has 0 spiro atoms. The lowest BCUT2D eigenvalue weighted by atomic mass is 9.98. The van der Waals surface area contributed by atoms with E-state index in [2.05, 4.69) is 10.6 Å². The first-order valence-corrected chi connectivity index (χ1v) is 18.6. The summed E-state index contributed by atoms with van der Waals surface area (Å²) in [5, 5.41) is 56.7. The monoisotopic (exact) mass is 830 g/mol. The third kappa shape index (κ3) is 15.3. The molecule has 1 aliphatic heterocycles. The molecule has 1 aliphatic rings. The number of nitrogens with one attached hydrogen (secondary N) is 2. The number of alkyl halides is 6. The van der Waals surface area contributed by atoms with Gasteiger partial charge in [-0.05, 0) is 61.6 Å². The minimum Gasteiger partial charge on any atom is -0.391 e. The van der Waals surface area contributed by atoms with E-state index in [1.54, 1.807) is 6.07 Å². The number of aliphatic hydroxyl groups excluding tert-OH is 5. The molecule has 57 heavy (non-hydrogen) atoms. The van der Waals surface area contributed by atoms with Crippen molar-refractivity contribution in [2.24, 2.45) is 0 Å². The van der Waals surface area contributed by atoms with E-state index in [4.69, 9.17) is 9.47 Å². The van der Waals surface area contributed by atoms with Crippen molar-refractivity contribution in [2.45, 2.75) is 139 Å². The maximum Gasteiger partial charge on any atom is 0.417 e. The van der Waals surface area contributed by atoms with Crippen LogP contribution in [0.25, 0.3) is 0 Å². The third-order valence-electron chi connectivity index (χ3n) is 9.52. The molecule has 0 bridgehead atoms. The van der Waals surface area contributed by atoms with Crippen LogP contribution in [0.3, 0.4) is 0 Å². The maximum absolute atomic E-state index is 13.3. The zero-order valence-corrected chi connectivity index (χ0v) is 31.2. The molecule has 0 radical (unpaired) electrons. The van der Waals surface area contributed by atoms with Gasteiger partial charge in [0.15, 0.2) is 17.9 Å². The van der Waals surface area contributed by atoms with E-state index in [9.17, 15) is 70.2 Å². The highest BCUT2D eigenvalue weighted by Crippen LogP contribution is 2.40. The van der Waals surface area contributed by atoms with Crippen LogP contribution in [0.4, 0.5) is 35.1 Å². The molecule has 3 rings (SSSR count). The summed E-state index contributed by atoms with van der Waals surface area (Å²) in [7, 11) is 0. The lowest BCUT2D eigenvalue weighted by Gasteiger charge is -2.41. The van der Waals surface area contributed by atoms with Crippen LogP contribution in [0.5, 0.6) is 0 Å². The fourth-order valence-corrected chi connectivity index (χ4v) is 6.28. The van der Waals surface area contributed by atoms with Crippen molar-refractivity contribution < 1.29 is 79.7 Å². The lowest BCUT2D eigenvalue weighted by Crippen LogP contribution is -2.61. The van der Waals surface area contributed by atoms with Crippen LogP contribution in [0.1, 0.15) is 87.0 Å². The van der Waals surface area contributed by atoms with E-state index in [-0.39, 0.29) is 18.6 Å². The molecule has 3 unspecified atom stereocenters. The second-order valence-corrected chi connectivity index (χ2v) is 14.2. The van der Waals surface area contributed by atoms with Crippen LogP contribution >= 0.6 is 0 Å². The SMILES string of the molecule is C[C@@H](O)[C@@H](O)[C@H](CO[C@H]1OC(CNC(=O)Cc2ccc(C(F)(F)F)c(C(F)(F)F)c2)[C@H](O)C(O)C1O)NC(=O)CCCCCCCCCCc1ccc(F)c(F)c1. The molecule has 8 atom stereocenters. The van der Waals surface area contributed by atoms with E-state index in [1.807, 2.05) is 0 Å². The number of aliphatic hydroxyl groups is 5. The second kappa shape index (κ2) is 22.1. The van der Waals surface area contributed by atoms with Crippen LogP contribution in [0.15, 0.2) is 36.4 Å². The van der Waals surface area contributed by atoms with E-state index in [0.717, 1.165) is 56.6 Å². The Morgan fingerprint density at radius 2 is 1.35 bits per heavy atom. The van der Waals surface area contributed by atoms with Gasteiger partial charge in [-0.3, -0.25) is 9.59 Å². The van der Waals surface area contributed by atoms with Gasteiger partial charge < -0.3 is 45.6 Å². The first-order chi connectivity index (χ1) is 26.7. The predicted octanol–water partition coefficient (Wildman–Crippen LogP) is 4.47. The minimum absolute atomic E-state index is 0.0798. The summed E-state index contributed by atoms with van der Waals surface area (Å²) >= 11 is 0. The number of hydrogen-bond acceptors (Lipinski definition) is 9. The van der Waals surface area contributed by atoms with Crippen molar-refractivity contribution in [1.29, 1.82) is 0 Å². The van der Waals surface area contributed by atoms with Gasteiger partial charge in [0.1, 0.15) is 30.5 Å². The predicted molar refractivity (Wildman–Crippen MR) is 187 cm³/mol. The number of amides is 2. The molecule has 322 valence electrons. The number of carbonyl (C=O) groups excluding carboxylic acids is 2. The second-order valence-electron chi connectivity index (χ2n) is 14.2. The van der Waals surface area contributed by atoms with Gasteiger partial charge in [0, 0.05) is 13.0 Å². The van der Waals surface area contributed by atoms with Gasteiger partial charge in [-0.15, -0.1) is 0 Å². The van der Waals surface area contributed by atoms with Crippen LogP contribution in [0, 0.1) is 11.6 Å². The third-order valence-corrected chi connectivity index (χ3v) is 9.52. The first kappa shape index (κ1) is 47.9. The van der Waals surface area contributed by atoms with E-state index in [1.165, 1.54) is 13.0 Å². The molecule has 0 aliphatic carbocycles. The standard InChI is InChI=1S/C38H50F8N2O9/c1-21(49)32(52)28(48-30(50)11-9-7-5-3-2-4-6-8-10-22-13-15-26(39)27(40)17-22)20-56-36-35(55)34(54)33(53)29(57-36)19-47-31(51)18-23-12-14-24(37(41,42)43)25(16-23)38(44,45)46/h12-17,21,28-29,32-36,49,52-55H,2-11,18-20H2,1H3,(H,47,51)(H,48,50)/t21-,28+,29?,32-,33+,34?,35?,36+/m1/s1. The molecule has 0 aromatic heterocycles. The van der Waals surface area contributed by atoms with E-state index < -0.39 is 121 Å². The highest BCUT2D eigenvalue weighted by atomic mass is 19.4. The number of rotatable bonds is 21. The zero-order valence-electron chi connectivity index (χ0n) is 31.2. The Bertz CT molecular complexity index is 1580. The van der Waals surface area contributed by atoms with Crippen LogP contribution < -0.4 is 10.6 Å². The summed E-state index contributed by atoms with van der Waals surface area (Å²) in [6.45, 7) is 0.103. The Morgan fingerprint density at radius 1 is 0.754 bits per heavy atom. The normalized spacial score (nSPS) is 21.8. The van der Waals surface area contributed by atoms with E-state index in [0.29, 0.717) is 18.9 Å². The molecule has 1 heterocycles. The van der Waals surface area contributed by atoms with Gasteiger partial charge in [0.05, 0.1) is 36.3 Å². The lowest BCUT2D eigenvalue weighted by molar-refractivity contribution is -0.297. The smallest absolute Gasteiger partial charge is 0.391 e. The summed E-state index contributed by atoms with van der Waals surface area (Å²) in [5.41, 5.74) is -3.56. The average Bonchev–Trinajstić information content (AvgIpc) is 3.13. The molecule has 2 amide bonds. The first-order valence-electron chi connectivity index (χ1n) is 18.6. The van der Waals surface area contributed by atoms with Gasteiger partial charge in [-0.1, -0.05) is 50.7 Å². The molecule has 2 aromatic rings. The summed E-state index contributed by atoms with van der Waals surface area (Å²) < 4.78 is 117. The van der Waals surface area contributed by atoms with Crippen molar-refractivity contribution in [3.8, 4) is 0 Å².